The molecular weight excluding hydrogens is 432 g/mol. The molecule has 0 saturated heterocycles. The number of rotatable bonds is 10. The first-order valence-electron chi connectivity index (χ1n) is 9.46. The third-order valence-electron chi connectivity index (χ3n) is 4.48. The second kappa shape index (κ2) is 10.5. The van der Waals surface area contributed by atoms with Crippen LogP contribution in [0.15, 0.2) is 47.4 Å². The van der Waals surface area contributed by atoms with Crippen LogP contribution in [0.25, 0.3) is 0 Å². The Morgan fingerprint density at radius 2 is 1.58 bits per heavy atom. The van der Waals surface area contributed by atoms with Crippen molar-refractivity contribution in [2.75, 3.05) is 19.7 Å². The lowest BCUT2D eigenvalue weighted by molar-refractivity contribution is -0.0498. The van der Waals surface area contributed by atoms with Gasteiger partial charge in [0.1, 0.15) is 5.75 Å². The van der Waals surface area contributed by atoms with E-state index in [0.717, 1.165) is 0 Å². The summed E-state index contributed by atoms with van der Waals surface area (Å²) < 4.78 is 60.4. The van der Waals surface area contributed by atoms with E-state index in [4.69, 9.17) is 4.74 Å². The first-order chi connectivity index (χ1) is 14.6. The Morgan fingerprint density at radius 3 is 2.13 bits per heavy atom. The van der Waals surface area contributed by atoms with Crippen LogP contribution >= 0.6 is 0 Å². The Morgan fingerprint density at radius 1 is 1.00 bits per heavy atom. The van der Waals surface area contributed by atoms with E-state index < -0.39 is 35.0 Å². The molecule has 0 aromatic heterocycles. The van der Waals surface area contributed by atoms with Crippen molar-refractivity contribution in [2.24, 2.45) is 0 Å². The van der Waals surface area contributed by atoms with Gasteiger partial charge in [0.25, 0.3) is 0 Å². The quantitative estimate of drug-likeness (QED) is 0.401. The summed E-state index contributed by atoms with van der Waals surface area (Å²) in [4.78, 5) is 24.6. The van der Waals surface area contributed by atoms with Crippen molar-refractivity contribution in [3.8, 4) is 5.75 Å². The maximum absolute atomic E-state index is 12.8. The summed E-state index contributed by atoms with van der Waals surface area (Å²) in [6, 6.07) is 9.09. The number of Topliss-reactive ketones (excluding diaryl/α,β-unsaturated/α-hetero) is 1. The third kappa shape index (κ3) is 6.08. The van der Waals surface area contributed by atoms with Crippen molar-refractivity contribution < 1.29 is 36.3 Å². The van der Waals surface area contributed by atoms with E-state index in [1.807, 2.05) is 0 Å². The highest BCUT2D eigenvalue weighted by Gasteiger charge is 2.25. The Balaban J connectivity index is 2.11. The summed E-state index contributed by atoms with van der Waals surface area (Å²) in [5, 5.41) is 0. The molecule has 168 valence electrons. The van der Waals surface area contributed by atoms with Crippen LogP contribution in [0.5, 0.6) is 5.75 Å². The number of benzene rings is 2. The van der Waals surface area contributed by atoms with E-state index in [0.29, 0.717) is 5.56 Å². The maximum atomic E-state index is 12.8. The van der Waals surface area contributed by atoms with Gasteiger partial charge in [0.2, 0.25) is 10.0 Å². The number of nitrogens with zero attached hydrogens (tertiary/aromatic N) is 1. The molecule has 0 radical (unpaired) electrons. The number of alkyl halides is 2. The predicted octanol–water partition coefficient (Wildman–Crippen LogP) is 3.67. The van der Waals surface area contributed by atoms with Crippen LogP contribution < -0.4 is 4.74 Å². The predicted molar refractivity (Wildman–Crippen MR) is 109 cm³/mol. The van der Waals surface area contributed by atoms with Gasteiger partial charge in [-0.15, -0.1) is 0 Å². The van der Waals surface area contributed by atoms with E-state index in [9.17, 15) is 26.8 Å². The molecule has 0 N–H and O–H groups in total. The Kier molecular flexibility index (Phi) is 8.23. The van der Waals surface area contributed by atoms with Crippen LogP contribution in [0.2, 0.25) is 0 Å². The van der Waals surface area contributed by atoms with Gasteiger partial charge in [-0.25, -0.2) is 13.2 Å². The third-order valence-corrected chi connectivity index (χ3v) is 6.67. The molecule has 0 aliphatic rings. The lowest BCUT2D eigenvalue weighted by Crippen LogP contribution is -2.31. The molecule has 0 amide bonds. The first-order valence-corrected chi connectivity index (χ1v) is 10.9. The number of ketones is 1. The minimum absolute atomic E-state index is 0.00778. The average Bonchev–Trinajstić information content (AvgIpc) is 2.72. The van der Waals surface area contributed by atoms with E-state index in [1.54, 1.807) is 20.8 Å². The molecule has 0 aliphatic carbocycles. The monoisotopic (exact) mass is 455 g/mol. The minimum Gasteiger partial charge on any atom is -0.454 e. The number of sulfonamides is 1. The molecule has 2 aromatic rings. The number of carbonyl (C=O) groups excluding carboxylic acids is 2. The molecule has 0 fully saturated rings. The maximum Gasteiger partial charge on any atom is 0.387 e. The summed E-state index contributed by atoms with van der Waals surface area (Å²) in [6.45, 7) is 2.03. The van der Waals surface area contributed by atoms with Crippen LogP contribution in [0.1, 0.15) is 40.1 Å². The van der Waals surface area contributed by atoms with Crippen LogP contribution in [-0.4, -0.2) is 50.8 Å². The number of carbonyl (C=O) groups is 2. The fourth-order valence-corrected chi connectivity index (χ4v) is 4.54. The van der Waals surface area contributed by atoms with Crippen molar-refractivity contribution in [3.05, 3.63) is 59.2 Å². The van der Waals surface area contributed by atoms with Gasteiger partial charge in [0.05, 0.1) is 10.5 Å². The molecule has 2 rings (SSSR count). The van der Waals surface area contributed by atoms with Crippen LogP contribution in [0, 0.1) is 6.92 Å². The summed E-state index contributed by atoms with van der Waals surface area (Å²) in [5.74, 6) is -1.52. The normalized spacial score (nSPS) is 11.6. The van der Waals surface area contributed by atoms with Gasteiger partial charge >= 0.3 is 12.6 Å². The molecule has 31 heavy (non-hydrogen) atoms. The van der Waals surface area contributed by atoms with Crippen molar-refractivity contribution in [3.63, 3.8) is 0 Å². The van der Waals surface area contributed by atoms with Crippen LogP contribution in [0.4, 0.5) is 8.78 Å². The SMILES string of the molecule is CCN(CC)S(=O)(=O)c1cc(C(=O)OCC(=O)c2ccc(OC(F)F)cc2)ccc1C. The lowest BCUT2D eigenvalue weighted by Gasteiger charge is -2.20. The zero-order chi connectivity index (χ0) is 23.2. The molecule has 2 aromatic carbocycles. The molecule has 7 nitrogen and oxygen atoms in total. The summed E-state index contributed by atoms with van der Waals surface area (Å²) >= 11 is 0. The van der Waals surface area contributed by atoms with Crippen molar-refractivity contribution >= 4 is 21.8 Å². The van der Waals surface area contributed by atoms with Gasteiger partial charge in [0, 0.05) is 18.7 Å². The zero-order valence-corrected chi connectivity index (χ0v) is 18.1. The standard InChI is InChI=1S/C21H23F2NO6S/c1-4-24(5-2)31(27,28)19-12-16(7-6-14(19)3)20(26)29-13-18(25)15-8-10-17(11-9-15)30-21(22)23/h6-12,21H,4-5,13H2,1-3H3. The summed E-state index contributed by atoms with van der Waals surface area (Å²) in [5.41, 5.74) is 0.610. The number of ether oxygens (including phenoxy) is 2. The Bertz CT molecular complexity index is 1030. The average molecular weight is 455 g/mol. The van der Waals surface area contributed by atoms with Crippen molar-refractivity contribution in [1.82, 2.24) is 4.31 Å². The van der Waals surface area contributed by atoms with E-state index in [1.165, 1.54) is 46.8 Å². The molecule has 0 aliphatic heterocycles. The number of esters is 1. The molecule has 10 heteroatoms. The molecule has 0 spiro atoms. The topological polar surface area (TPSA) is 90.0 Å². The van der Waals surface area contributed by atoms with Gasteiger partial charge in [-0.2, -0.15) is 13.1 Å². The molecule has 0 unspecified atom stereocenters. The van der Waals surface area contributed by atoms with Crippen LogP contribution in [0.3, 0.4) is 0 Å². The number of halogens is 2. The highest BCUT2D eigenvalue weighted by atomic mass is 32.2. The lowest BCUT2D eigenvalue weighted by atomic mass is 10.1. The smallest absolute Gasteiger partial charge is 0.387 e. The number of aryl methyl sites for hydroxylation is 1. The van der Waals surface area contributed by atoms with Crippen molar-refractivity contribution in [2.45, 2.75) is 32.3 Å². The molecule has 0 atom stereocenters. The molecule has 0 bridgehead atoms. The Hall–Kier alpha value is -2.85. The van der Waals surface area contributed by atoms with Gasteiger partial charge in [0.15, 0.2) is 12.4 Å². The number of hydrogen-bond acceptors (Lipinski definition) is 6. The zero-order valence-electron chi connectivity index (χ0n) is 17.3. The van der Waals surface area contributed by atoms with Gasteiger partial charge in [-0.1, -0.05) is 19.9 Å². The van der Waals surface area contributed by atoms with Crippen molar-refractivity contribution in [1.29, 1.82) is 0 Å². The minimum atomic E-state index is -3.78. The molecule has 0 saturated carbocycles. The summed E-state index contributed by atoms with van der Waals surface area (Å²) in [6.07, 6.45) is 0. The van der Waals surface area contributed by atoms with E-state index >= 15 is 0 Å². The molecular formula is C21H23F2NO6S. The van der Waals surface area contributed by atoms with Gasteiger partial charge in [-0.3, -0.25) is 4.79 Å². The van der Waals surface area contributed by atoms with Gasteiger partial charge < -0.3 is 9.47 Å². The fraction of sp³-hybridized carbons (Fsp3) is 0.333. The highest BCUT2D eigenvalue weighted by Crippen LogP contribution is 2.22. The van der Waals surface area contributed by atoms with Gasteiger partial charge in [-0.05, 0) is 48.9 Å². The largest absolute Gasteiger partial charge is 0.454 e. The Labute approximate surface area is 179 Å². The van der Waals surface area contributed by atoms with Crippen LogP contribution in [-0.2, 0) is 14.8 Å². The van der Waals surface area contributed by atoms with E-state index in [2.05, 4.69) is 4.74 Å². The highest BCUT2D eigenvalue weighted by molar-refractivity contribution is 7.89. The fourth-order valence-electron chi connectivity index (χ4n) is 2.83. The first kappa shape index (κ1) is 24.4. The molecule has 0 heterocycles. The van der Waals surface area contributed by atoms with E-state index in [-0.39, 0.29) is 34.9 Å². The number of hydrogen-bond donors (Lipinski definition) is 0. The second-order valence-electron chi connectivity index (χ2n) is 6.47. The summed E-state index contributed by atoms with van der Waals surface area (Å²) in [7, 11) is -3.78. The second-order valence-corrected chi connectivity index (χ2v) is 8.38.